The van der Waals surface area contributed by atoms with Crippen LogP contribution in [0.5, 0.6) is 0 Å². The number of hydrogen-bond donors (Lipinski definition) is 0. The van der Waals surface area contributed by atoms with E-state index in [0.29, 0.717) is 27.3 Å². The highest BCUT2D eigenvalue weighted by molar-refractivity contribution is 8.16. The fourth-order valence-corrected chi connectivity index (χ4v) is 7.87. The van der Waals surface area contributed by atoms with Gasteiger partial charge in [-0.25, -0.2) is 8.42 Å². The van der Waals surface area contributed by atoms with Crippen molar-refractivity contribution in [2.75, 3.05) is 16.4 Å². The summed E-state index contributed by atoms with van der Waals surface area (Å²) in [6.45, 7) is 0. The van der Waals surface area contributed by atoms with E-state index in [9.17, 15) is 13.2 Å². The molecule has 9 heteroatoms. The average molecular weight is 469 g/mol. The number of anilines is 1. The molecule has 0 unspecified atom stereocenters. The van der Waals surface area contributed by atoms with Crippen LogP contribution in [-0.4, -0.2) is 42.3 Å². The highest BCUT2D eigenvalue weighted by Gasteiger charge is 2.49. The molecule has 0 N–H and O–H groups in total. The molecule has 1 amide bonds. The van der Waals surface area contributed by atoms with Gasteiger partial charge in [0.25, 0.3) is 0 Å². The number of aliphatic imine (C=N–C) groups is 1. The zero-order valence-corrected chi connectivity index (χ0v) is 18.4. The third-order valence-electron chi connectivity index (χ3n) is 4.92. The van der Waals surface area contributed by atoms with Gasteiger partial charge in [0.1, 0.15) is 0 Å². The SMILES string of the molecule is O=C(CCc1ccccc1)N=C1S[C@H]2CS(=O)(=O)C[C@H]2N1c1cc(Cl)ccc1Cl. The number of nitrogens with zero attached hydrogens (tertiary/aromatic N) is 2. The van der Waals surface area contributed by atoms with Gasteiger partial charge in [-0.2, -0.15) is 4.99 Å². The van der Waals surface area contributed by atoms with E-state index in [2.05, 4.69) is 4.99 Å². The number of amides is 1. The molecule has 4 rings (SSSR count). The van der Waals surface area contributed by atoms with Gasteiger partial charge in [-0.3, -0.25) is 4.79 Å². The fraction of sp³-hybridized carbons (Fsp3) is 0.300. The number of thioether (sulfide) groups is 1. The van der Waals surface area contributed by atoms with Gasteiger partial charge < -0.3 is 4.90 Å². The van der Waals surface area contributed by atoms with E-state index < -0.39 is 9.84 Å². The highest BCUT2D eigenvalue weighted by atomic mass is 35.5. The van der Waals surface area contributed by atoms with Crippen molar-refractivity contribution < 1.29 is 13.2 Å². The first kappa shape index (κ1) is 20.7. The zero-order chi connectivity index (χ0) is 20.6. The van der Waals surface area contributed by atoms with E-state index in [0.717, 1.165) is 5.56 Å². The normalized spacial score (nSPS) is 24.1. The van der Waals surface area contributed by atoms with Crippen LogP contribution in [0.4, 0.5) is 5.69 Å². The van der Waals surface area contributed by atoms with E-state index >= 15 is 0 Å². The van der Waals surface area contributed by atoms with Crippen molar-refractivity contribution in [1.82, 2.24) is 0 Å². The Labute approximate surface area is 184 Å². The Morgan fingerprint density at radius 1 is 1.14 bits per heavy atom. The summed E-state index contributed by atoms with van der Waals surface area (Å²) in [7, 11) is -3.15. The van der Waals surface area contributed by atoms with E-state index in [1.54, 1.807) is 23.1 Å². The second-order valence-corrected chi connectivity index (χ2v) is 11.2. The van der Waals surface area contributed by atoms with Gasteiger partial charge in [0.15, 0.2) is 15.0 Å². The molecule has 5 nitrogen and oxygen atoms in total. The van der Waals surface area contributed by atoms with Crippen molar-refractivity contribution in [3.63, 3.8) is 0 Å². The van der Waals surface area contributed by atoms with Gasteiger partial charge in [-0.1, -0.05) is 65.3 Å². The standard InChI is InChI=1S/C20H18Cl2N2O3S2/c21-14-7-8-15(22)16(10-14)24-17-11-29(26,27)12-18(17)28-20(24)23-19(25)9-6-13-4-2-1-3-5-13/h1-5,7-8,10,17-18H,6,9,11-12H2/t17-,18+/m1/s1. The minimum absolute atomic E-state index is 0.00470. The van der Waals surface area contributed by atoms with Gasteiger partial charge in [0, 0.05) is 16.7 Å². The fourth-order valence-electron chi connectivity index (χ4n) is 3.58. The number of carbonyl (C=O) groups excluding carboxylic acids is 1. The molecule has 0 radical (unpaired) electrons. The molecule has 0 spiro atoms. The molecule has 29 heavy (non-hydrogen) atoms. The molecule has 2 atom stereocenters. The Morgan fingerprint density at radius 2 is 1.90 bits per heavy atom. The van der Waals surface area contributed by atoms with Gasteiger partial charge >= 0.3 is 0 Å². The van der Waals surface area contributed by atoms with E-state index in [-0.39, 0.29) is 35.1 Å². The molecule has 2 fully saturated rings. The number of benzene rings is 2. The summed E-state index contributed by atoms with van der Waals surface area (Å²) < 4.78 is 24.3. The molecule has 2 aliphatic rings. The molecule has 152 valence electrons. The molecule has 0 saturated carbocycles. The number of carbonyl (C=O) groups is 1. The van der Waals surface area contributed by atoms with Crippen LogP contribution in [0.3, 0.4) is 0 Å². The van der Waals surface area contributed by atoms with E-state index in [4.69, 9.17) is 23.2 Å². The Kier molecular flexibility index (Phi) is 5.93. The van der Waals surface area contributed by atoms with Crippen LogP contribution >= 0.6 is 35.0 Å². The Hall–Kier alpha value is -1.54. The Balaban J connectivity index is 1.61. The lowest BCUT2D eigenvalue weighted by molar-refractivity contribution is -0.117. The first-order chi connectivity index (χ1) is 13.8. The maximum Gasteiger partial charge on any atom is 0.248 e. The molecule has 2 saturated heterocycles. The molecule has 0 bridgehead atoms. The third-order valence-corrected chi connectivity index (χ3v) is 8.69. The molecule has 0 aromatic heterocycles. The molecule has 2 aliphatic heterocycles. The molecular weight excluding hydrogens is 451 g/mol. The third kappa shape index (κ3) is 4.63. The van der Waals surface area contributed by atoms with Crippen molar-refractivity contribution in [3.05, 3.63) is 64.1 Å². The van der Waals surface area contributed by atoms with Crippen molar-refractivity contribution in [2.45, 2.75) is 24.1 Å². The predicted molar refractivity (Wildman–Crippen MR) is 120 cm³/mol. The second kappa shape index (κ2) is 8.30. The van der Waals surface area contributed by atoms with Crippen LogP contribution < -0.4 is 4.90 Å². The monoisotopic (exact) mass is 468 g/mol. The minimum Gasteiger partial charge on any atom is -0.314 e. The number of sulfone groups is 1. The summed E-state index contributed by atoms with van der Waals surface area (Å²) >= 11 is 13.9. The summed E-state index contributed by atoms with van der Waals surface area (Å²) in [6, 6.07) is 14.4. The maximum absolute atomic E-state index is 12.5. The molecule has 0 aliphatic carbocycles. The van der Waals surface area contributed by atoms with E-state index in [1.165, 1.54) is 11.8 Å². The predicted octanol–water partition coefficient (Wildman–Crippen LogP) is 4.23. The summed E-state index contributed by atoms with van der Waals surface area (Å²) in [5.41, 5.74) is 1.64. The first-order valence-electron chi connectivity index (χ1n) is 9.09. The van der Waals surface area contributed by atoms with Crippen LogP contribution in [-0.2, 0) is 21.1 Å². The maximum atomic E-state index is 12.5. The lowest BCUT2D eigenvalue weighted by Gasteiger charge is -2.25. The molecular formula is C20H18Cl2N2O3S2. The van der Waals surface area contributed by atoms with Crippen molar-refractivity contribution in [3.8, 4) is 0 Å². The number of halogens is 2. The minimum atomic E-state index is -3.15. The van der Waals surface area contributed by atoms with Gasteiger partial charge in [-0.15, -0.1) is 0 Å². The van der Waals surface area contributed by atoms with Crippen molar-refractivity contribution in [1.29, 1.82) is 0 Å². The largest absolute Gasteiger partial charge is 0.314 e. The first-order valence-corrected chi connectivity index (χ1v) is 12.5. The zero-order valence-electron chi connectivity index (χ0n) is 15.3. The number of amidine groups is 1. The van der Waals surface area contributed by atoms with E-state index in [1.807, 2.05) is 30.3 Å². The van der Waals surface area contributed by atoms with Crippen LogP contribution in [0.1, 0.15) is 12.0 Å². The number of fused-ring (bicyclic) bond motifs is 1. The summed E-state index contributed by atoms with van der Waals surface area (Å²) in [6.07, 6.45) is 0.874. The smallest absolute Gasteiger partial charge is 0.248 e. The Morgan fingerprint density at radius 3 is 2.66 bits per heavy atom. The second-order valence-electron chi connectivity index (χ2n) is 7.04. The number of hydrogen-bond acceptors (Lipinski definition) is 4. The van der Waals surface area contributed by atoms with Gasteiger partial charge in [0.2, 0.25) is 5.91 Å². The van der Waals surface area contributed by atoms with Crippen LogP contribution in [0, 0.1) is 0 Å². The topological polar surface area (TPSA) is 66.8 Å². The van der Waals surface area contributed by atoms with Gasteiger partial charge in [-0.05, 0) is 30.2 Å². The highest BCUT2D eigenvalue weighted by Crippen LogP contribution is 2.43. The summed E-state index contributed by atoms with van der Waals surface area (Å²) in [5.74, 6) is -0.179. The van der Waals surface area contributed by atoms with Crippen LogP contribution in [0.25, 0.3) is 0 Å². The van der Waals surface area contributed by atoms with Crippen molar-refractivity contribution >= 4 is 61.6 Å². The lowest BCUT2D eigenvalue weighted by Crippen LogP contribution is -2.38. The molecule has 2 heterocycles. The average Bonchev–Trinajstić information content (AvgIpc) is 3.14. The number of aryl methyl sites for hydroxylation is 1. The summed E-state index contributed by atoms with van der Waals surface area (Å²) in [4.78, 5) is 18.6. The number of rotatable bonds is 4. The molecule has 2 aromatic carbocycles. The van der Waals surface area contributed by atoms with Crippen LogP contribution in [0.2, 0.25) is 10.0 Å². The van der Waals surface area contributed by atoms with Crippen molar-refractivity contribution in [2.24, 2.45) is 4.99 Å². The quantitative estimate of drug-likeness (QED) is 0.671. The molecule has 2 aromatic rings. The van der Waals surface area contributed by atoms with Crippen LogP contribution in [0.15, 0.2) is 53.5 Å². The van der Waals surface area contributed by atoms with Gasteiger partial charge in [0.05, 0.1) is 28.3 Å². The lowest BCUT2D eigenvalue weighted by atomic mass is 10.1. The Bertz CT molecular complexity index is 1070. The summed E-state index contributed by atoms with van der Waals surface area (Å²) in [5, 5.41) is 1.21.